The molecule has 0 unspecified atom stereocenters. The average Bonchev–Trinajstić information content (AvgIpc) is 3.06. The second-order valence-corrected chi connectivity index (χ2v) is 5.79. The number of anilines is 1. The highest BCUT2D eigenvalue weighted by atomic mass is 16.1. The van der Waals surface area contributed by atoms with E-state index in [9.17, 15) is 4.79 Å². The van der Waals surface area contributed by atoms with Gasteiger partial charge in [-0.15, -0.1) is 0 Å². The van der Waals surface area contributed by atoms with Gasteiger partial charge in [-0.2, -0.15) is 0 Å². The standard InChI is InChI=1S/C17H18N6O/c18-16(24)12-2-1-3-13-15(12)22-17(21-13)11-4-5-14(20-10-11)23-8-6-19-7-9-23/h1-5,10,19H,6-9H2,(H2,18,24)(H,21,22). The van der Waals surface area contributed by atoms with Crippen LogP contribution in [0.3, 0.4) is 0 Å². The van der Waals surface area contributed by atoms with Crippen molar-refractivity contribution in [3.05, 3.63) is 42.1 Å². The van der Waals surface area contributed by atoms with Gasteiger partial charge in [0.2, 0.25) is 0 Å². The number of nitrogens with two attached hydrogens (primary N) is 1. The molecule has 4 rings (SSSR count). The normalized spacial score (nSPS) is 14.9. The van der Waals surface area contributed by atoms with Crippen LogP contribution in [-0.4, -0.2) is 47.0 Å². The van der Waals surface area contributed by atoms with Gasteiger partial charge in [0.15, 0.2) is 0 Å². The number of H-pyrrole nitrogens is 1. The summed E-state index contributed by atoms with van der Waals surface area (Å²) in [5.41, 5.74) is 8.08. The van der Waals surface area contributed by atoms with Crippen LogP contribution in [0.5, 0.6) is 0 Å². The van der Waals surface area contributed by atoms with Crippen LogP contribution in [0.4, 0.5) is 5.82 Å². The Kier molecular flexibility index (Phi) is 3.62. The maximum atomic E-state index is 11.5. The number of pyridine rings is 1. The van der Waals surface area contributed by atoms with Crippen LogP contribution >= 0.6 is 0 Å². The maximum Gasteiger partial charge on any atom is 0.250 e. The van der Waals surface area contributed by atoms with Crippen LogP contribution in [-0.2, 0) is 0 Å². The highest BCUT2D eigenvalue weighted by Gasteiger charge is 2.14. The number of piperazine rings is 1. The molecule has 1 aliphatic heterocycles. The highest BCUT2D eigenvalue weighted by Crippen LogP contribution is 2.23. The fraction of sp³-hybridized carbons (Fsp3) is 0.235. The molecule has 1 aliphatic rings. The first kappa shape index (κ1) is 14.6. The van der Waals surface area contributed by atoms with Crippen molar-refractivity contribution in [3.63, 3.8) is 0 Å². The number of aromatic amines is 1. The van der Waals surface area contributed by atoms with E-state index in [1.807, 2.05) is 18.2 Å². The molecule has 4 N–H and O–H groups in total. The second-order valence-electron chi connectivity index (χ2n) is 5.79. The first-order valence-electron chi connectivity index (χ1n) is 7.93. The van der Waals surface area contributed by atoms with Gasteiger partial charge in [-0.05, 0) is 24.3 Å². The Labute approximate surface area is 138 Å². The van der Waals surface area contributed by atoms with Crippen molar-refractivity contribution in [1.82, 2.24) is 20.3 Å². The molecule has 0 saturated carbocycles. The van der Waals surface area contributed by atoms with Crippen molar-refractivity contribution < 1.29 is 4.79 Å². The van der Waals surface area contributed by atoms with Crippen LogP contribution < -0.4 is 16.0 Å². The number of nitrogens with zero attached hydrogens (tertiary/aromatic N) is 3. The molecule has 1 amide bonds. The number of carbonyl (C=O) groups excluding carboxylic acids is 1. The molecule has 1 saturated heterocycles. The Morgan fingerprint density at radius 2 is 2.00 bits per heavy atom. The Balaban J connectivity index is 1.67. The molecule has 3 aromatic rings. The molecule has 2 aromatic heterocycles. The number of amides is 1. The molecule has 0 spiro atoms. The summed E-state index contributed by atoms with van der Waals surface area (Å²) < 4.78 is 0. The molecule has 0 aliphatic carbocycles. The van der Waals surface area contributed by atoms with Gasteiger partial charge in [-0.3, -0.25) is 4.79 Å². The van der Waals surface area contributed by atoms with Crippen molar-refractivity contribution in [2.24, 2.45) is 5.73 Å². The van der Waals surface area contributed by atoms with Crippen molar-refractivity contribution in [3.8, 4) is 11.4 Å². The molecule has 0 atom stereocenters. The van der Waals surface area contributed by atoms with Crippen molar-refractivity contribution >= 4 is 22.8 Å². The number of carbonyl (C=O) groups is 1. The molecule has 24 heavy (non-hydrogen) atoms. The summed E-state index contributed by atoms with van der Waals surface area (Å²) in [5, 5.41) is 3.33. The Morgan fingerprint density at radius 1 is 1.17 bits per heavy atom. The van der Waals surface area contributed by atoms with Gasteiger partial charge in [0.1, 0.15) is 17.2 Å². The van der Waals surface area contributed by atoms with Crippen molar-refractivity contribution in [1.29, 1.82) is 0 Å². The predicted octanol–water partition coefficient (Wildman–Crippen LogP) is 1.13. The Morgan fingerprint density at radius 3 is 2.71 bits per heavy atom. The third-order valence-corrected chi connectivity index (χ3v) is 4.24. The van der Waals surface area contributed by atoms with Gasteiger partial charge in [-0.1, -0.05) is 6.07 Å². The van der Waals surface area contributed by atoms with E-state index in [0.717, 1.165) is 43.1 Å². The monoisotopic (exact) mass is 322 g/mol. The fourth-order valence-corrected chi connectivity index (χ4v) is 2.97. The summed E-state index contributed by atoms with van der Waals surface area (Å²) in [7, 11) is 0. The summed E-state index contributed by atoms with van der Waals surface area (Å²) in [5.74, 6) is 1.16. The van der Waals surface area contributed by atoms with Crippen LogP contribution in [0.15, 0.2) is 36.5 Å². The van der Waals surface area contributed by atoms with Gasteiger partial charge in [0.05, 0.1) is 11.1 Å². The van der Waals surface area contributed by atoms with E-state index in [4.69, 9.17) is 5.73 Å². The molecule has 0 bridgehead atoms. The zero-order chi connectivity index (χ0) is 16.5. The summed E-state index contributed by atoms with van der Waals surface area (Å²) in [4.78, 5) is 26.1. The number of hydrogen-bond donors (Lipinski definition) is 3. The minimum absolute atomic E-state index is 0.417. The molecule has 3 heterocycles. The van der Waals surface area contributed by atoms with E-state index >= 15 is 0 Å². The number of aromatic nitrogens is 3. The van der Waals surface area contributed by atoms with E-state index in [-0.39, 0.29) is 0 Å². The molecular weight excluding hydrogens is 304 g/mol. The minimum atomic E-state index is -0.481. The topological polar surface area (TPSA) is 99.9 Å². The number of para-hydroxylation sites is 1. The summed E-state index contributed by atoms with van der Waals surface area (Å²) in [6, 6.07) is 9.34. The number of hydrogen-bond acceptors (Lipinski definition) is 5. The van der Waals surface area contributed by atoms with Crippen LogP contribution in [0.25, 0.3) is 22.4 Å². The lowest BCUT2D eigenvalue weighted by atomic mass is 10.2. The summed E-state index contributed by atoms with van der Waals surface area (Å²) in [6.07, 6.45) is 1.80. The molecule has 0 radical (unpaired) electrons. The van der Waals surface area contributed by atoms with Crippen LogP contribution in [0.1, 0.15) is 10.4 Å². The Hall–Kier alpha value is -2.93. The predicted molar refractivity (Wildman–Crippen MR) is 92.9 cm³/mol. The third kappa shape index (κ3) is 2.59. The smallest absolute Gasteiger partial charge is 0.250 e. The first-order chi connectivity index (χ1) is 11.7. The lowest BCUT2D eigenvalue weighted by Crippen LogP contribution is -2.43. The fourth-order valence-electron chi connectivity index (χ4n) is 2.97. The Bertz CT molecular complexity index is 880. The number of fused-ring (bicyclic) bond motifs is 1. The zero-order valence-electron chi connectivity index (χ0n) is 13.1. The number of nitrogens with one attached hydrogen (secondary N) is 2. The zero-order valence-corrected chi connectivity index (χ0v) is 13.1. The van der Waals surface area contributed by atoms with Crippen LogP contribution in [0.2, 0.25) is 0 Å². The van der Waals surface area contributed by atoms with Crippen molar-refractivity contribution in [2.75, 3.05) is 31.1 Å². The molecule has 7 nitrogen and oxygen atoms in total. The van der Waals surface area contributed by atoms with E-state index in [0.29, 0.717) is 16.9 Å². The van der Waals surface area contributed by atoms with Gasteiger partial charge in [-0.25, -0.2) is 9.97 Å². The SMILES string of the molecule is NC(=O)c1cccc2[nH]c(-c3ccc(N4CCNCC4)nc3)nc12. The largest absolute Gasteiger partial charge is 0.366 e. The number of imidazole rings is 1. The lowest BCUT2D eigenvalue weighted by molar-refractivity contribution is 0.100. The lowest BCUT2D eigenvalue weighted by Gasteiger charge is -2.28. The van der Waals surface area contributed by atoms with E-state index < -0.39 is 5.91 Å². The van der Waals surface area contributed by atoms with Gasteiger partial charge >= 0.3 is 0 Å². The van der Waals surface area contributed by atoms with E-state index in [1.54, 1.807) is 18.3 Å². The van der Waals surface area contributed by atoms with Gasteiger partial charge in [0.25, 0.3) is 5.91 Å². The number of rotatable bonds is 3. The molecular formula is C17H18N6O. The summed E-state index contributed by atoms with van der Waals surface area (Å²) >= 11 is 0. The number of primary amides is 1. The van der Waals surface area contributed by atoms with Crippen molar-refractivity contribution in [2.45, 2.75) is 0 Å². The molecule has 7 heteroatoms. The quantitative estimate of drug-likeness (QED) is 0.671. The van der Waals surface area contributed by atoms with Gasteiger partial charge < -0.3 is 20.9 Å². The molecule has 1 fully saturated rings. The van der Waals surface area contributed by atoms with E-state index in [1.165, 1.54) is 0 Å². The van der Waals surface area contributed by atoms with Crippen LogP contribution in [0, 0.1) is 0 Å². The average molecular weight is 322 g/mol. The second kappa shape index (κ2) is 5.93. The highest BCUT2D eigenvalue weighted by molar-refractivity contribution is 6.04. The first-order valence-corrected chi connectivity index (χ1v) is 7.93. The maximum absolute atomic E-state index is 11.5. The summed E-state index contributed by atoms with van der Waals surface area (Å²) in [6.45, 7) is 3.86. The molecule has 1 aromatic carbocycles. The minimum Gasteiger partial charge on any atom is -0.366 e. The van der Waals surface area contributed by atoms with Gasteiger partial charge in [0, 0.05) is 37.9 Å². The number of benzene rings is 1. The molecule has 122 valence electrons. The third-order valence-electron chi connectivity index (χ3n) is 4.24. The van der Waals surface area contributed by atoms with E-state index in [2.05, 4.69) is 25.2 Å².